The second kappa shape index (κ2) is 14.5. The summed E-state index contributed by atoms with van der Waals surface area (Å²) in [4.78, 5) is 5.20. The zero-order valence-corrected chi connectivity index (χ0v) is 38.3. The molecule has 0 atom stereocenters. The molecular weight excluding hydrogens is 851 g/mol. The predicted molar refractivity (Wildman–Crippen MR) is 287 cm³/mol. The maximum Gasteiger partial charge on any atom is 0.0726 e. The molecule has 0 saturated heterocycles. The van der Waals surface area contributed by atoms with Crippen LogP contribution < -0.4 is 0 Å². The van der Waals surface area contributed by atoms with E-state index >= 15 is 0 Å². The number of pyridine rings is 1. The number of rotatable bonds is 4. The molecule has 2 spiro atoms. The van der Waals surface area contributed by atoms with Gasteiger partial charge in [-0.25, -0.2) is 4.98 Å². The summed E-state index contributed by atoms with van der Waals surface area (Å²) in [5, 5.41) is 2.64. The van der Waals surface area contributed by atoms with E-state index in [4.69, 9.17) is 4.98 Å². The highest BCUT2D eigenvalue weighted by atomic mass is 32.1. The molecule has 0 bridgehead atoms. The van der Waals surface area contributed by atoms with Crippen LogP contribution in [-0.2, 0) is 10.8 Å². The second-order valence-electron chi connectivity index (χ2n) is 18.8. The van der Waals surface area contributed by atoms with Crippen molar-refractivity contribution in [3.8, 4) is 67.0 Å². The summed E-state index contributed by atoms with van der Waals surface area (Å²) < 4.78 is 2.67. The van der Waals surface area contributed by atoms with Gasteiger partial charge in [-0.1, -0.05) is 231 Å². The van der Waals surface area contributed by atoms with E-state index in [0.717, 1.165) is 33.6 Å². The molecule has 0 radical (unpaired) electrons. The Hall–Kier alpha value is -8.43. The van der Waals surface area contributed by atoms with Crippen LogP contribution >= 0.6 is 11.3 Å². The van der Waals surface area contributed by atoms with Crippen LogP contribution in [0.15, 0.2) is 249 Å². The van der Waals surface area contributed by atoms with Crippen LogP contribution in [0.1, 0.15) is 44.5 Å². The third-order valence-electron chi connectivity index (χ3n) is 15.6. The van der Waals surface area contributed by atoms with Gasteiger partial charge in [0.15, 0.2) is 0 Å². The van der Waals surface area contributed by atoms with Gasteiger partial charge in [0, 0.05) is 36.9 Å². The van der Waals surface area contributed by atoms with Crippen molar-refractivity contribution in [1.82, 2.24) is 4.98 Å². The van der Waals surface area contributed by atoms with Crippen molar-refractivity contribution < 1.29 is 0 Å². The van der Waals surface area contributed by atoms with Crippen molar-refractivity contribution in [2.45, 2.75) is 10.8 Å². The molecule has 2 heterocycles. The van der Waals surface area contributed by atoms with Gasteiger partial charge >= 0.3 is 0 Å². The maximum atomic E-state index is 5.20. The molecule has 320 valence electrons. The van der Waals surface area contributed by atoms with Crippen molar-refractivity contribution in [3.63, 3.8) is 0 Å². The number of nitrogens with zero attached hydrogens (tertiary/aromatic N) is 1. The molecule has 15 rings (SSSR count). The van der Waals surface area contributed by atoms with Gasteiger partial charge < -0.3 is 0 Å². The molecule has 3 aliphatic rings. The lowest BCUT2D eigenvalue weighted by atomic mass is 9.52. The standard InChI is InChI=1S/C67H41NS/c1-3-18-44(19-4-1)60-40-46(41-61(68-60)45-20-5-2-6-21-45)42-34-36-43(37-35-42)47-25-17-26-52-63-59(39-38-51-50-24-9-16-33-62(50)69-65(51)63)67(64(47)52)57-31-14-12-29-55(57)66(56-30-13-15-32-58(56)67)53-27-10-7-22-48(53)49-23-8-11-28-54(49)66/h1-41H. The average Bonchev–Trinajstić information content (AvgIpc) is 4.06. The number of hydrogen-bond acceptors (Lipinski definition) is 2. The molecule has 1 nitrogen and oxygen atoms in total. The Morgan fingerprint density at radius 2 is 0.768 bits per heavy atom. The van der Waals surface area contributed by atoms with Crippen molar-refractivity contribution in [1.29, 1.82) is 0 Å². The fourth-order valence-electron chi connectivity index (χ4n) is 12.9. The van der Waals surface area contributed by atoms with Crippen molar-refractivity contribution in [2.75, 3.05) is 0 Å². The summed E-state index contributed by atoms with van der Waals surface area (Å²) in [6, 6.07) is 93.1. The molecular formula is C67H41NS. The predicted octanol–water partition coefficient (Wildman–Crippen LogP) is 17.2. The monoisotopic (exact) mass is 891 g/mol. The molecule has 0 aliphatic heterocycles. The Balaban J connectivity index is 1.01. The third kappa shape index (κ3) is 5.16. The topological polar surface area (TPSA) is 12.9 Å². The van der Waals surface area contributed by atoms with Crippen LogP contribution in [0.4, 0.5) is 0 Å². The van der Waals surface area contributed by atoms with Crippen molar-refractivity contribution >= 4 is 31.5 Å². The molecule has 3 aliphatic carbocycles. The fourth-order valence-corrected chi connectivity index (χ4v) is 14.2. The molecule has 0 unspecified atom stereocenters. The molecule has 2 heteroatoms. The summed E-state index contributed by atoms with van der Waals surface area (Å²) in [7, 11) is 0. The molecule has 0 N–H and O–H groups in total. The van der Waals surface area contributed by atoms with Gasteiger partial charge in [-0.15, -0.1) is 11.3 Å². The first kappa shape index (κ1) is 38.7. The van der Waals surface area contributed by atoms with Gasteiger partial charge in [0.2, 0.25) is 0 Å². The lowest BCUT2D eigenvalue weighted by Gasteiger charge is -2.49. The number of aromatic nitrogens is 1. The minimum Gasteiger partial charge on any atom is -0.248 e. The van der Waals surface area contributed by atoms with E-state index < -0.39 is 10.8 Å². The molecule has 69 heavy (non-hydrogen) atoms. The smallest absolute Gasteiger partial charge is 0.0726 e. The van der Waals surface area contributed by atoms with Crippen molar-refractivity contribution in [3.05, 3.63) is 293 Å². The number of thiophene rings is 1. The summed E-state index contributed by atoms with van der Waals surface area (Å²) in [6.07, 6.45) is 0. The Bertz CT molecular complexity index is 3910. The van der Waals surface area contributed by atoms with Crippen LogP contribution in [0.2, 0.25) is 0 Å². The van der Waals surface area contributed by atoms with Gasteiger partial charge in [0.25, 0.3) is 0 Å². The van der Waals surface area contributed by atoms with E-state index in [0.29, 0.717) is 0 Å². The first-order chi connectivity index (χ1) is 34.2. The zero-order valence-electron chi connectivity index (χ0n) is 37.5. The highest BCUT2D eigenvalue weighted by molar-refractivity contribution is 7.26. The highest BCUT2D eigenvalue weighted by Crippen LogP contribution is 2.69. The molecule has 0 amide bonds. The third-order valence-corrected chi connectivity index (χ3v) is 16.8. The Morgan fingerprint density at radius 1 is 0.290 bits per heavy atom. The summed E-state index contributed by atoms with van der Waals surface area (Å²) >= 11 is 1.94. The summed E-state index contributed by atoms with van der Waals surface area (Å²) in [5.41, 5.74) is 23.8. The van der Waals surface area contributed by atoms with E-state index in [9.17, 15) is 0 Å². The fraction of sp³-hybridized carbons (Fsp3) is 0.0299. The highest BCUT2D eigenvalue weighted by Gasteiger charge is 2.59. The van der Waals surface area contributed by atoms with Crippen LogP contribution in [0.3, 0.4) is 0 Å². The molecule has 0 saturated carbocycles. The Labute approximate surface area is 405 Å². The molecule has 0 fully saturated rings. The van der Waals surface area contributed by atoms with E-state index in [1.165, 1.54) is 98.1 Å². The van der Waals surface area contributed by atoms with Crippen LogP contribution in [-0.4, -0.2) is 4.98 Å². The van der Waals surface area contributed by atoms with Gasteiger partial charge in [-0.3, -0.25) is 0 Å². The SMILES string of the molecule is c1ccc(-c2cc(-c3ccc(-c4cccc5c4C4(c6ccccc6C6(c7ccccc7-c7ccccc76)c6ccccc64)c4ccc6c(sc7ccccc76)c4-5)cc3)cc(-c3ccccc3)n2)cc1. The Kier molecular flexibility index (Phi) is 8.14. The number of benzene rings is 10. The number of hydrogen-bond donors (Lipinski definition) is 0. The van der Waals surface area contributed by atoms with Crippen LogP contribution in [0.5, 0.6) is 0 Å². The largest absolute Gasteiger partial charge is 0.248 e. The van der Waals surface area contributed by atoms with Gasteiger partial charge in [-0.2, -0.15) is 0 Å². The first-order valence-electron chi connectivity index (χ1n) is 23.9. The normalized spacial score (nSPS) is 14.0. The lowest BCUT2D eigenvalue weighted by Crippen LogP contribution is -2.44. The molecule has 12 aromatic rings. The second-order valence-corrected chi connectivity index (χ2v) is 19.9. The van der Waals surface area contributed by atoms with Gasteiger partial charge in [0.05, 0.1) is 22.2 Å². The summed E-state index contributed by atoms with van der Waals surface area (Å²) in [6.45, 7) is 0. The van der Waals surface area contributed by atoms with Crippen molar-refractivity contribution in [2.24, 2.45) is 0 Å². The van der Waals surface area contributed by atoms with Crippen LogP contribution in [0.25, 0.3) is 87.2 Å². The lowest BCUT2D eigenvalue weighted by molar-refractivity contribution is 0.634. The Morgan fingerprint density at radius 3 is 1.38 bits per heavy atom. The number of fused-ring (bicyclic) bond motifs is 20. The van der Waals surface area contributed by atoms with Gasteiger partial charge in [-0.05, 0) is 102 Å². The van der Waals surface area contributed by atoms with Crippen LogP contribution in [0, 0.1) is 0 Å². The first-order valence-corrected chi connectivity index (χ1v) is 24.8. The summed E-state index contributed by atoms with van der Waals surface area (Å²) in [5.74, 6) is 0. The quantitative estimate of drug-likeness (QED) is 0.172. The van der Waals surface area contributed by atoms with Gasteiger partial charge in [0.1, 0.15) is 0 Å². The maximum absolute atomic E-state index is 5.20. The molecule has 2 aromatic heterocycles. The minimum absolute atomic E-state index is 0.505. The van der Waals surface area contributed by atoms with E-state index in [2.05, 4.69) is 249 Å². The van der Waals surface area contributed by atoms with E-state index in [-0.39, 0.29) is 0 Å². The molecule has 10 aromatic carbocycles. The average molecular weight is 892 g/mol. The zero-order chi connectivity index (χ0) is 45.3. The minimum atomic E-state index is -0.629. The van der Waals surface area contributed by atoms with E-state index in [1.54, 1.807) is 0 Å². The van der Waals surface area contributed by atoms with E-state index in [1.807, 2.05) is 11.3 Å².